The third kappa shape index (κ3) is 3.24. The maximum Gasteiger partial charge on any atom is 0.311 e. The van der Waals surface area contributed by atoms with Gasteiger partial charge in [0.05, 0.1) is 23.6 Å². The molecule has 28 heavy (non-hydrogen) atoms. The van der Waals surface area contributed by atoms with E-state index in [4.69, 9.17) is 20.8 Å². The zero-order chi connectivity index (χ0) is 19.8. The SMILES string of the molecule is CCc1ccc2oc(-c3cc(N4C[C@H](C(=O)OC)CC4=O)ccc3Cl)nc2c1. The first-order chi connectivity index (χ1) is 13.5. The molecule has 0 saturated carbocycles. The number of carbonyl (C=O) groups excluding carboxylic acids is 2. The lowest BCUT2D eigenvalue weighted by atomic mass is 10.1. The number of halogens is 1. The molecule has 2 aromatic carbocycles. The summed E-state index contributed by atoms with van der Waals surface area (Å²) >= 11 is 6.38. The van der Waals surface area contributed by atoms with Crippen LogP contribution in [0.15, 0.2) is 40.8 Å². The van der Waals surface area contributed by atoms with Crippen molar-refractivity contribution in [3.63, 3.8) is 0 Å². The first-order valence-corrected chi connectivity index (χ1v) is 9.45. The minimum atomic E-state index is -0.464. The lowest BCUT2D eigenvalue weighted by molar-refractivity contribution is -0.145. The Morgan fingerprint density at radius 1 is 1.32 bits per heavy atom. The smallest absolute Gasteiger partial charge is 0.311 e. The van der Waals surface area contributed by atoms with Crippen LogP contribution in [0, 0.1) is 5.92 Å². The number of ether oxygens (including phenoxy) is 1. The summed E-state index contributed by atoms with van der Waals surface area (Å²) < 4.78 is 10.6. The number of aromatic nitrogens is 1. The molecule has 1 saturated heterocycles. The second-order valence-corrected chi connectivity index (χ2v) is 7.17. The van der Waals surface area contributed by atoms with Gasteiger partial charge >= 0.3 is 5.97 Å². The molecular formula is C21H19ClN2O4. The Morgan fingerprint density at radius 2 is 2.14 bits per heavy atom. The van der Waals surface area contributed by atoms with E-state index in [1.54, 1.807) is 23.1 Å². The first-order valence-electron chi connectivity index (χ1n) is 9.07. The van der Waals surface area contributed by atoms with Gasteiger partial charge in [-0.1, -0.05) is 24.6 Å². The van der Waals surface area contributed by atoms with Crippen molar-refractivity contribution in [2.45, 2.75) is 19.8 Å². The zero-order valence-electron chi connectivity index (χ0n) is 15.6. The molecule has 1 amide bonds. The highest BCUT2D eigenvalue weighted by atomic mass is 35.5. The summed E-state index contributed by atoms with van der Waals surface area (Å²) in [4.78, 5) is 30.3. The highest BCUT2D eigenvalue weighted by Crippen LogP contribution is 2.35. The monoisotopic (exact) mass is 398 g/mol. The number of oxazole rings is 1. The molecule has 1 fully saturated rings. The minimum absolute atomic E-state index is 0.131. The van der Waals surface area contributed by atoms with Gasteiger partial charge in [-0.2, -0.15) is 0 Å². The number of hydrogen-bond acceptors (Lipinski definition) is 5. The Kier molecular flexibility index (Phi) is 4.81. The standard InChI is InChI=1S/C21H19ClN2O4/c1-3-12-4-7-18-17(8-12)23-20(28-18)15-10-14(5-6-16(15)22)24-11-13(9-19(24)25)21(26)27-2/h4-8,10,13H,3,9,11H2,1-2H3/t13-/m1/s1. The third-order valence-corrected chi connectivity index (χ3v) is 5.34. The van der Waals surface area contributed by atoms with Gasteiger partial charge in [0.1, 0.15) is 5.52 Å². The van der Waals surface area contributed by atoms with Crippen LogP contribution in [0.5, 0.6) is 0 Å². The van der Waals surface area contributed by atoms with Crippen molar-refractivity contribution in [3.05, 3.63) is 47.0 Å². The number of fused-ring (bicyclic) bond motifs is 1. The number of aryl methyl sites for hydroxylation is 1. The zero-order valence-corrected chi connectivity index (χ0v) is 16.3. The predicted octanol–water partition coefficient (Wildman–Crippen LogP) is 4.24. The minimum Gasteiger partial charge on any atom is -0.469 e. The molecule has 0 spiro atoms. The number of esters is 1. The number of methoxy groups -OCH3 is 1. The van der Waals surface area contributed by atoms with Crippen LogP contribution in [0.1, 0.15) is 18.9 Å². The molecule has 2 heterocycles. The van der Waals surface area contributed by atoms with E-state index in [0.717, 1.165) is 11.9 Å². The van der Waals surface area contributed by atoms with E-state index in [-0.39, 0.29) is 24.8 Å². The van der Waals surface area contributed by atoms with Gasteiger partial charge in [0, 0.05) is 18.7 Å². The second kappa shape index (κ2) is 7.28. The summed E-state index contributed by atoms with van der Waals surface area (Å²) in [6.07, 6.45) is 1.04. The van der Waals surface area contributed by atoms with Gasteiger partial charge in [0.15, 0.2) is 5.58 Å². The number of rotatable bonds is 4. The molecule has 0 aliphatic carbocycles. The molecule has 4 rings (SSSR count). The Bertz CT molecular complexity index is 1080. The van der Waals surface area contributed by atoms with Crippen LogP contribution in [-0.4, -0.2) is 30.5 Å². The van der Waals surface area contributed by atoms with Crippen LogP contribution >= 0.6 is 11.6 Å². The van der Waals surface area contributed by atoms with Crippen LogP contribution in [-0.2, 0) is 20.7 Å². The second-order valence-electron chi connectivity index (χ2n) is 6.77. The third-order valence-electron chi connectivity index (χ3n) is 5.01. The normalized spacial score (nSPS) is 16.8. The highest BCUT2D eigenvalue weighted by Gasteiger charge is 2.36. The van der Waals surface area contributed by atoms with Crippen molar-refractivity contribution in [1.29, 1.82) is 0 Å². The van der Waals surface area contributed by atoms with Gasteiger partial charge in [0.25, 0.3) is 0 Å². The Hall–Kier alpha value is -2.86. The van der Waals surface area contributed by atoms with E-state index in [9.17, 15) is 9.59 Å². The van der Waals surface area contributed by atoms with Gasteiger partial charge in [-0.15, -0.1) is 0 Å². The van der Waals surface area contributed by atoms with Crippen molar-refractivity contribution in [3.8, 4) is 11.5 Å². The molecular weight excluding hydrogens is 380 g/mol. The average molecular weight is 399 g/mol. The largest absolute Gasteiger partial charge is 0.469 e. The lowest BCUT2D eigenvalue weighted by Gasteiger charge is -2.17. The fourth-order valence-electron chi connectivity index (χ4n) is 3.43. The number of benzene rings is 2. The molecule has 0 N–H and O–H groups in total. The topological polar surface area (TPSA) is 72.6 Å². The van der Waals surface area contributed by atoms with Crippen LogP contribution in [0.2, 0.25) is 5.02 Å². The number of anilines is 1. The van der Waals surface area contributed by atoms with E-state index in [0.29, 0.717) is 27.7 Å². The molecule has 1 atom stereocenters. The van der Waals surface area contributed by atoms with E-state index in [2.05, 4.69) is 11.9 Å². The fraction of sp³-hybridized carbons (Fsp3) is 0.286. The fourth-order valence-corrected chi connectivity index (χ4v) is 3.63. The van der Waals surface area contributed by atoms with Crippen molar-refractivity contribution in [1.82, 2.24) is 4.98 Å². The highest BCUT2D eigenvalue weighted by molar-refractivity contribution is 6.33. The Labute approximate surface area is 167 Å². The molecule has 0 unspecified atom stereocenters. The molecule has 0 bridgehead atoms. The summed E-state index contributed by atoms with van der Waals surface area (Å²) in [5.41, 5.74) is 3.86. The van der Waals surface area contributed by atoms with E-state index < -0.39 is 5.92 Å². The summed E-state index contributed by atoms with van der Waals surface area (Å²) in [6.45, 7) is 2.36. The van der Waals surface area contributed by atoms with Crippen LogP contribution < -0.4 is 4.90 Å². The van der Waals surface area contributed by atoms with Crippen molar-refractivity contribution < 1.29 is 18.7 Å². The van der Waals surface area contributed by atoms with Gasteiger partial charge < -0.3 is 14.1 Å². The Morgan fingerprint density at radius 3 is 2.89 bits per heavy atom. The Balaban J connectivity index is 1.70. The van der Waals surface area contributed by atoms with Crippen LogP contribution in [0.4, 0.5) is 5.69 Å². The molecule has 1 aromatic heterocycles. The van der Waals surface area contributed by atoms with Crippen molar-refractivity contribution in [2.24, 2.45) is 5.92 Å². The van der Waals surface area contributed by atoms with Crippen molar-refractivity contribution in [2.75, 3.05) is 18.6 Å². The molecule has 1 aliphatic heterocycles. The summed E-state index contributed by atoms with van der Waals surface area (Å²) in [7, 11) is 1.33. The number of amides is 1. The van der Waals surface area contributed by atoms with Crippen LogP contribution in [0.3, 0.4) is 0 Å². The van der Waals surface area contributed by atoms with Gasteiger partial charge in [-0.3, -0.25) is 9.59 Å². The van der Waals surface area contributed by atoms with Gasteiger partial charge in [0.2, 0.25) is 11.8 Å². The first kappa shape index (κ1) is 18.5. The summed E-state index contributed by atoms with van der Waals surface area (Å²) in [5, 5.41) is 0.474. The van der Waals surface area contributed by atoms with E-state index in [1.165, 1.54) is 12.7 Å². The summed E-state index contributed by atoms with van der Waals surface area (Å²) in [6, 6.07) is 11.1. The van der Waals surface area contributed by atoms with Gasteiger partial charge in [-0.05, 0) is 42.3 Å². The lowest BCUT2D eigenvalue weighted by Crippen LogP contribution is -2.26. The molecule has 6 nitrogen and oxygen atoms in total. The van der Waals surface area contributed by atoms with E-state index >= 15 is 0 Å². The number of hydrogen-bond donors (Lipinski definition) is 0. The molecule has 0 radical (unpaired) electrons. The summed E-state index contributed by atoms with van der Waals surface area (Å²) in [5.74, 6) is -0.579. The van der Waals surface area contributed by atoms with Crippen LogP contribution in [0.25, 0.3) is 22.6 Å². The van der Waals surface area contributed by atoms with Crippen molar-refractivity contribution >= 4 is 40.3 Å². The number of carbonyl (C=O) groups is 2. The van der Waals surface area contributed by atoms with E-state index in [1.807, 2.05) is 18.2 Å². The maximum atomic E-state index is 12.4. The maximum absolute atomic E-state index is 12.4. The molecule has 3 aromatic rings. The molecule has 7 heteroatoms. The molecule has 1 aliphatic rings. The average Bonchev–Trinajstić information content (AvgIpc) is 3.30. The number of nitrogens with zero attached hydrogens (tertiary/aromatic N) is 2. The quantitative estimate of drug-likeness (QED) is 0.615. The molecule has 144 valence electrons. The van der Waals surface area contributed by atoms with Gasteiger partial charge in [-0.25, -0.2) is 4.98 Å². The predicted molar refractivity (Wildman–Crippen MR) is 106 cm³/mol.